The van der Waals surface area contributed by atoms with Crippen molar-refractivity contribution in [2.45, 2.75) is 57.4 Å². The van der Waals surface area contributed by atoms with Crippen LogP contribution in [0.25, 0.3) is 0 Å². The first kappa shape index (κ1) is 26.4. The van der Waals surface area contributed by atoms with Gasteiger partial charge in [-0.05, 0) is 91.6 Å². The first-order valence-electron chi connectivity index (χ1n) is 14.1. The van der Waals surface area contributed by atoms with Gasteiger partial charge in [0, 0.05) is 37.1 Å². The van der Waals surface area contributed by atoms with E-state index < -0.39 is 0 Å². The molecule has 38 heavy (non-hydrogen) atoms. The van der Waals surface area contributed by atoms with Crippen LogP contribution in [-0.2, 0) is 19.4 Å². The second-order valence-corrected chi connectivity index (χ2v) is 10.5. The first-order chi connectivity index (χ1) is 18.7. The van der Waals surface area contributed by atoms with Gasteiger partial charge in [-0.15, -0.1) is 0 Å². The maximum atomic E-state index is 5.94. The summed E-state index contributed by atoms with van der Waals surface area (Å²) in [5.74, 6) is 2.96. The summed E-state index contributed by atoms with van der Waals surface area (Å²) in [7, 11) is 3.45. The second kappa shape index (κ2) is 13.0. The average molecular weight is 516 g/mol. The number of anilines is 1. The molecule has 0 bridgehead atoms. The van der Waals surface area contributed by atoms with E-state index in [1.165, 1.54) is 55.5 Å². The minimum Gasteiger partial charge on any atom is -0.497 e. The number of aromatic nitrogens is 1. The van der Waals surface area contributed by atoms with Gasteiger partial charge >= 0.3 is 0 Å². The highest BCUT2D eigenvalue weighted by atomic mass is 16.5. The van der Waals surface area contributed by atoms with Crippen LogP contribution in [0.2, 0.25) is 0 Å². The topological polar surface area (TPSA) is 55.9 Å². The van der Waals surface area contributed by atoms with Crippen molar-refractivity contribution in [2.75, 3.05) is 45.8 Å². The van der Waals surface area contributed by atoms with E-state index in [2.05, 4.69) is 57.7 Å². The molecule has 1 aliphatic carbocycles. The Morgan fingerprint density at radius 3 is 2.45 bits per heavy atom. The Balaban J connectivity index is 1.19. The van der Waals surface area contributed by atoms with Crippen molar-refractivity contribution < 1.29 is 14.2 Å². The number of benzene rings is 2. The van der Waals surface area contributed by atoms with Crippen LogP contribution in [0.15, 0.2) is 54.7 Å². The Morgan fingerprint density at radius 1 is 0.895 bits per heavy atom. The van der Waals surface area contributed by atoms with Crippen molar-refractivity contribution in [3.05, 3.63) is 77.0 Å². The second-order valence-electron chi connectivity index (χ2n) is 10.5. The zero-order chi connectivity index (χ0) is 26.2. The summed E-state index contributed by atoms with van der Waals surface area (Å²) in [4.78, 5) is 7.07. The van der Waals surface area contributed by atoms with E-state index >= 15 is 0 Å². The van der Waals surface area contributed by atoms with Crippen LogP contribution in [-0.4, -0.2) is 50.3 Å². The van der Waals surface area contributed by atoms with E-state index in [9.17, 15) is 0 Å². The van der Waals surface area contributed by atoms with Gasteiger partial charge < -0.3 is 19.5 Å². The van der Waals surface area contributed by atoms with Crippen LogP contribution < -0.4 is 19.5 Å². The number of fused-ring (bicyclic) bond motifs is 1. The normalized spacial score (nSPS) is 17.8. The Labute approximate surface area is 227 Å². The first-order valence-corrected chi connectivity index (χ1v) is 14.1. The molecule has 1 N–H and O–H groups in total. The molecule has 1 aromatic heterocycles. The zero-order valence-electron chi connectivity index (χ0n) is 22.9. The highest BCUT2D eigenvalue weighted by Crippen LogP contribution is 2.38. The largest absolute Gasteiger partial charge is 0.497 e. The average Bonchev–Trinajstić information content (AvgIpc) is 3.25. The van der Waals surface area contributed by atoms with Crippen molar-refractivity contribution in [3.8, 4) is 17.4 Å². The monoisotopic (exact) mass is 515 g/mol. The molecule has 2 aromatic carbocycles. The summed E-state index contributed by atoms with van der Waals surface area (Å²) in [6.45, 7) is 4.74. The van der Waals surface area contributed by atoms with Crippen LogP contribution in [0.3, 0.4) is 0 Å². The molecule has 0 saturated carbocycles. The van der Waals surface area contributed by atoms with Gasteiger partial charge in [0.25, 0.3) is 0 Å². The lowest BCUT2D eigenvalue weighted by molar-refractivity contribution is 0.209. The summed E-state index contributed by atoms with van der Waals surface area (Å²) >= 11 is 0. The fourth-order valence-electron chi connectivity index (χ4n) is 5.73. The number of aryl methyl sites for hydroxylation is 1. The number of rotatable bonds is 10. The Hall–Kier alpha value is -3.25. The molecule has 5 rings (SSSR count). The fraction of sp³-hybridized carbons (Fsp3) is 0.469. The van der Waals surface area contributed by atoms with Crippen molar-refractivity contribution >= 4 is 5.69 Å². The molecule has 1 unspecified atom stereocenters. The van der Waals surface area contributed by atoms with E-state index in [-0.39, 0.29) is 0 Å². The minimum absolute atomic E-state index is 0.461. The third kappa shape index (κ3) is 6.79. The number of nitrogens with one attached hydrogen (secondary N) is 1. The summed E-state index contributed by atoms with van der Waals surface area (Å²) in [6, 6.07) is 17.0. The summed E-state index contributed by atoms with van der Waals surface area (Å²) in [5, 5.41) is 3.67. The Kier molecular flexibility index (Phi) is 9.02. The number of likely N-dealkylation sites (tertiary alicyclic amines) is 1. The molecule has 1 aliphatic heterocycles. The molecule has 2 aliphatic rings. The Bertz CT molecular complexity index is 1170. The van der Waals surface area contributed by atoms with Crippen LogP contribution in [0, 0.1) is 0 Å². The maximum absolute atomic E-state index is 5.94. The number of ether oxygens (including phenoxy) is 3. The third-order valence-electron chi connectivity index (χ3n) is 7.98. The summed E-state index contributed by atoms with van der Waals surface area (Å²) in [5.41, 5.74) is 6.42. The van der Waals surface area contributed by atoms with Gasteiger partial charge in [-0.1, -0.05) is 31.0 Å². The maximum Gasteiger partial charge on any atom is 0.213 e. The molecule has 6 heteroatoms. The minimum atomic E-state index is 0.461. The summed E-state index contributed by atoms with van der Waals surface area (Å²) < 4.78 is 16.9. The molecule has 2 heterocycles. The predicted molar refractivity (Wildman–Crippen MR) is 153 cm³/mol. The molecule has 1 saturated heterocycles. The van der Waals surface area contributed by atoms with E-state index in [0.717, 1.165) is 48.6 Å². The van der Waals surface area contributed by atoms with Crippen molar-refractivity contribution in [1.29, 1.82) is 0 Å². The SMILES string of the molecule is COc1ccc2c(c1)CCC(c1ccc(OC)cc1NCc1ccc(OCCN3CCCCCC3)nc1)C2. The zero-order valence-corrected chi connectivity index (χ0v) is 22.9. The molecule has 0 radical (unpaired) electrons. The molecule has 202 valence electrons. The smallest absolute Gasteiger partial charge is 0.213 e. The Morgan fingerprint density at radius 2 is 1.68 bits per heavy atom. The number of pyridine rings is 1. The van der Waals surface area contributed by atoms with Crippen LogP contribution >= 0.6 is 0 Å². The fourth-order valence-corrected chi connectivity index (χ4v) is 5.73. The van der Waals surface area contributed by atoms with Crippen LogP contribution in [0.1, 0.15) is 60.3 Å². The van der Waals surface area contributed by atoms with Gasteiger partial charge in [0.1, 0.15) is 18.1 Å². The van der Waals surface area contributed by atoms with E-state index in [4.69, 9.17) is 14.2 Å². The number of methoxy groups -OCH3 is 2. The molecule has 6 nitrogen and oxygen atoms in total. The highest BCUT2D eigenvalue weighted by molar-refractivity contribution is 5.58. The molecular formula is C32H41N3O3. The van der Waals surface area contributed by atoms with Gasteiger partial charge in [-0.2, -0.15) is 0 Å². The predicted octanol–water partition coefficient (Wildman–Crippen LogP) is 6.24. The third-order valence-corrected chi connectivity index (χ3v) is 7.98. The van der Waals surface area contributed by atoms with E-state index in [1.54, 1.807) is 14.2 Å². The van der Waals surface area contributed by atoms with Crippen LogP contribution in [0.5, 0.6) is 17.4 Å². The van der Waals surface area contributed by atoms with Crippen molar-refractivity contribution in [3.63, 3.8) is 0 Å². The van der Waals surface area contributed by atoms with Gasteiger partial charge in [-0.3, -0.25) is 4.90 Å². The van der Waals surface area contributed by atoms with Crippen molar-refractivity contribution in [1.82, 2.24) is 9.88 Å². The molecule has 3 aromatic rings. The number of hydrogen-bond donors (Lipinski definition) is 1. The van der Waals surface area contributed by atoms with Crippen LogP contribution in [0.4, 0.5) is 5.69 Å². The molecular weight excluding hydrogens is 474 g/mol. The standard InChI is InChI=1S/C32H41N3O3/c1-36-28-11-10-25-19-27(9-8-26(25)20-28)30-13-12-29(37-2)21-31(30)33-22-24-7-14-32(34-23-24)38-18-17-35-15-5-3-4-6-16-35/h7,10-14,20-21,23,27,33H,3-6,8-9,15-19,22H2,1-2H3. The molecule has 1 fully saturated rings. The van der Waals surface area contributed by atoms with E-state index in [1.807, 2.05) is 12.3 Å². The van der Waals surface area contributed by atoms with Gasteiger partial charge in [0.2, 0.25) is 5.88 Å². The highest BCUT2D eigenvalue weighted by Gasteiger charge is 2.23. The van der Waals surface area contributed by atoms with E-state index in [0.29, 0.717) is 24.9 Å². The lowest BCUT2D eigenvalue weighted by atomic mass is 9.79. The van der Waals surface area contributed by atoms with Gasteiger partial charge in [0.05, 0.1) is 14.2 Å². The van der Waals surface area contributed by atoms with Crippen molar-refractivity contribution in [2.24, 2.45) is 0 Å². The summed E-state index contributed by atoms with van der Waals surface area (Å²) in [6.07, 6.45) is 10.4. The lowest BCUT2D eigenvalue weighted by Crippen LogP contribution is -2.29. The molecule has 1 atom stereocenters. The molecule has 0 amide bonds. The lowest BCUT2D eigenvalue weighted by Gasteiger charge is -2.27. The quantitative estimate of drug-likeness (QED) is 0.345. The van der Waals surface area contributed by atoms with Gasteiger partial charge in [-0.25, -0.2) is 4.98 Å². The number of nitrogens with zero attached hydrogens (tertiary/aromatic N) is 2. The number of hydrogen-bond acceptors (Lipinski definition) is 6. The molecule has 0 spiro atoms. The van der Waals surface area contributed by atoms with Gasteiger partial charge in [0.15, 0.2) is 0 Å².